The minimum atomic E-state index is -0.124. The highest BCUT2D eigenvalue weighted by molar-refractivity contribution is 8.26. The van der Waals surface area contributed by atoms with E-state index in [1.807, 2.05) is 34.4 Å². The van der Waals surface area contributed by atoms with Crippen molar-refractivity contribution in [2.75, 3.05) is 13.1 Å². The lowest BCUT2D eigenvalue weighted by Gasteiger charge is -2.14. The van der Waals surface area contributed by atoms with Crippen LogP contribution in [0.1, 0.15) is 17.7 Å². The second-order valence-corrected chi connectivity index (χ2v) is 8.26. The first-order chi connectivity index (χ1) is 12.6. The standard InChI is InChI=1S/C17H18N4O2S3/c22-15(19-5-2-7-20-9-6-18-12-20)4-8-21-16(23)14(26-17(21)24)11-13-3-1-10-25-13/h1,3,6,9-12H,2,4-5,7-8H2,(H,19,22). The van der Waals surface area contributed by atoms with E-state index in [0.29, 0.717) is 22.3 Å². The Morgan fingerprint density at radius 1 is 1.38 bits per heavy atom. The Hall–Kier alpha value is -1.97. The van der Waals surface area contributed by atoms with Gasteiger partial charge in [-0.2, -0.15) is 0 Å². The lowest BCUT2D eigenvalue weighted by atomic mass is 10.3. The topological polar surface area (TPSA) is 67.2 Å². The van der Waals surface area contributed by atoms with Crippen LogP contribution in [0.15, 0.2) is 41.1 Å². The first-order valence-electron chi connectivity index (χ1n) is 8.15. The zero-order chi connectivity index (χ0) is 18.4. The summed E-state index contributed by atoms with van der Waals surface area (Å²) >= 11 is 8.14. The molecule has 3 rings (SSSR count). The van der Waals surface area contributed by atoms with Crippen LogP contribution < -0.4 is 5.32 Å². The van der Waals surface area contributed by atoms with E-state index in [9.17, 15) is 9.59 Å². The number of carbonyl (C=O) groups is 2. The molecule has 2 aromatic rings. The molecule has 9 heteroatoms. The monoisotopic (exact) mass is 406 g/mol. The van der Waals surface area contributed by atoms with Gasteiger partial charge in [-0.15, -0.1) is 11.3 Å². The molecule has 2 amide bonds. The van der Waals surface area contributed by atoms with E-state index in [2.05, 4.69) is 10.3 Å². The molecule has 2 aromatic heterocycles. The quantitative estimate of drug-likeness (QED) is 0.415. The predicted octanol–water partition coefficient (Wildman–Crippen LogP) is 2.74. The highest BCUT2D eigenvalue weighted by Gasteiger charge is 2.32. The van der Waals surface area contributed by atoms with E-state index < -0.39 is 0 Å². The number of nitrogens with one attached hydrogen (secondary N) is 1. The van der Waals surface area contributed by atoms with Crippen LogP contribution in [-0.4, -0.2) is 43.7 Å². The highest BCUT2D eigenvalue weighted by Crippen LogP contribution is 2.33. The Labute approximate surface area is 165 Å². The molecular weight excluding hydrogens is 388 g/mol. The number of rotatable bonds is 8. The number of carbonyl (C=O) groups excluding carboxylic acids is 2. The molecule has 1 fully saturated rings. The Kier molecular flexibility index (Phi) is 6.59. The molecule has 0 bridgehead atoms. The minimum absolute atomic E-state index is 0.0769. The van der Waals surface area contributed by atoms with Crippen molar-refractivity contribution in [1.82, 2.24) is 19.8 Å². The molecule has 1 saturated heterocycles. The van der Waals surface area contributed by atoms with Crippen molar-refractivity contribution in [1.29, 1.82) is 0 Å². The van der Waals surface area contributed by atoms with Gasteiger partial charge in [-0.05, 0) is 23.9 Å². The third-order valence-corrected chi connectivity index (χ3v) is 5.92. The van der Waals surface area contributed by atoms with Crippen LogP contribution in [0, 0.1) is 0 Å². The molecule has 0 aromatic carbocycles. The summed E-state index contributed by atoms with van der Waals surface area (Å²) < 4.78 is 2.47. The Bertz CT molecular complexity index is 800. The maximum absolute atomic E-state index is 12.5. The van der Waals surface area contributed by atoms with Crippen LogP contribution in [0.2, 0.25) is 0 Å². The molecule has 0 unspecified atom stereocenters. The van der Waals surface area contributed by atoms with Gasteiger partial charge in [0.05, 0.1) is 11.2 Å². The molecule has 0 saturated carbocycles. The van der Waals surface area contributed by atoms with Crippen molar-refractivity contribution in [3.8, 4) is 0 Å². The second-order valence-electron chi connectivity index (χ2n) is 5.60. The zero-order valence-electron chi connectivity index (χ0n) is 14.0. The van der Waals surface area contributed by atoms with Crippen molar-refractivity contribution >= 4 is 57.5 Å². The third kappa shape index (κ3) is 5.03. The van der Waals surface area contributed by atoms with Gasteiger partial charge in [-0.25, -0.2) is 4.98 Å². The summed E-state index contributed by atoms with van der Waals surface area (Å²) in [5.74, 6) is -0.201. The van der Waals surface area contributed by atoms with Crippen molar-refractivity contribution in [2.45, 2.75) is 19.4 Å². The van der Waals surface area contributed by atoms with Gasteiger partial charge in [0.15, 0.2) is 0 Å². The molecule has 136 valence electrons. The van der Waals surface area contributed by atoms with E-state index >= 15 is 0 Å². The average Bonchev–Trinajstić information content (AvgIpc) is 3.35. The predicted molar refractivity (Wildman–Crippen MR) is 109 cm³/mol. The van der Waals surface area contributed by atoms with E-state index in [4.69, 9.17) is 12.2 Å². The van der Waals surface area contributed by atoms with Gasteiger partial charge in [0.25, 0.3) is 5.91 Å². The maximum Gasteiger partial charge on any atom is 0.266 e. The van der Waals surface area contributed by atoms with Crippen LogP contribution in [-0.2, 0) is 16.1 Å². The summed E-state index contributed by atoms with van der Waals surface area (Å²) in [7, 11) is 0. The third-order valence-electron chi connectivity index (χ3n) is 3.73. The Balaban J connectivity index is 1.41. The fourth-order valence-electron chi connectivity index (χ4n) is 2.41. The molecule has 1 aliphatic heterocycles. The number of nitrogens with zero attached hydrogens (tertiary/aromatic N) is 3. The summed E-state index contributed by atoms with van der Waals surface area (Å²) in [5, 5.41) is 4.83. The van der Waals surface area contributed by atoms with Crippen LogP contribution in [0.3, 0.4) is 0 Å². The molecular formula is C17H18N4O2S3. The summed E-state index contributed by atoms with van der Waals surface area (Å²) in [6.45, 7) is 1.70. The van der Waals surface area contributed by atoms with Gasteiger partial charge in [0, 0.05) is 43.3 Å². The van der Waals surface area contributed by atoms with E-state index in [-0.39, 0.29) is 18.2 Å². The van der Waals surface area contributed by atoms with Crippen LogP contribution in [0.4, 0.5) is 0 Å². The molecule has 3 heterocycles. The average molecular weight is 407 g/mol. The number of hydrogen-bond donors (Lipinski definition) is 1. The van der Waals surface area contributed by atoms with Gasteiger partial charge < -0.3 is 9.88 Å². The summed E-state index contributed by atoms with van der Waals surface area (Å²) in [6, 6.07) is 3.89. The van der Waals surface area contributed by atoms with E-state index in [1.54, 1.807) is 23.9 Å². The van der Waals surface area contributed by atoms with Crippen LogP contribution >= 0.6 is 35.3 Å². The van der Waals surface area contributed by atoms with Crippen molar-refractivity contribution in [2.24, 2.45) is 0 Å². The van der Waals surface area contributed by atoms with Crippen LogP contribution in [0.5, 0.6) is 0 Å². The van der Waals surface area contributed by atoms with Crippen molar-refractivity contribution in [3.63, 3.8) is 0 Å². The SMILES string of the molecule is O=C(CCN1C(=O)C(=Cc2cccs2)SC1=S)NCCCn1ccnc1. The molecule has 26 heavy (non-hydrogen) atoms. The molecule has 0 radical (unpaired) electrons. The second kappa shape index (κ2) is 9.11. The maximum atomic E-state index is 12.5. The summed E-state index contributed by atoms with van der Waals surface area (Å²) in [5.41, 5.74) is 0. The Morgan fingerprint density at radius 3 is 3.00 bits per heavy atom. The molecule has 0 spiro atoms. The number of aromatic nitrogens is 2. The molecule has 1 aliphatic rings. The molecule has 0 atom stereocenters. The largest absolute Gasteiger partial charge is 0.356 e. The van der Waals surface area contributed by atoms with Gasteiger partial charge in [-0.1, -0.05) is 30.0 Å². The smallest absolute Gasteiger partial charge is 0.266 e. The lowest BCUT2D eigenvalue weighted by Crippen LogP contribution is -2.33. The number of amides is 2. The van der Waals surface area contributed by atoms with Gasteiger partial charge >= 0.3 is 0 Å². The van der Waals surface area contributed by atoms with Gasteiger partial charge in [-0.3, -0.25) is 14.5 Å². The lowest BCUT2D eigenvalue weighted by molar-refractivity contribution is -0.123. The fraction of sp³-hybridized carbons (Fsp3) is 0.294. The van der Waals surface area contributed by atoms with Gasteiger partial charge in [0.1, 0.15) is 4.32 Å². The summed E-state index contributed by atoms with van der Waals surface area (Å²) in [4.78, 5) is 31.5. The number of thiocarbonyl (C=S) groups is 1. The van der Waals surface area contributed by atoms with E-state index in [0.717, 1.165) is 17.8 Å². The Morgan fingerprint density at radius 2 is 2.27 bits per heavy atom. The van der Waals surface area contributed by atoms with Crippen molar-refractivity contribution < 1.29 is 9.59 Å². The number of imidazole rings is 1. The summed E-state index contributed by atoms with van der Waals surface area (Å²) in [6.07, 6.45) is 8.28. The molecule has 0 aliphatic carbocycles. The first kappa shape index (κ1) is 18.8. The number of thiophene rings is 1. The number of thioether (sulfide) groups is 1. The number of hydrogen-bond acceptors (Lipinski definition) is 6. The highest BCUT2D eigenvalue weighted by atomic mass is 32.2. The molecule has 6 nitrogen and oxygen atoms in total. The zero-order valence-corrected chi connectivity index (χ0v) is 16.4. The molecule has 1 N–H and O–H groups in total. The van der Waals surface area contributed by atoms with E-state index in [1.165, 1.54) is 16.7 Å². The number of aryl methyl sites for hydroxylation is 1. The fourth-order valence-corrected chi connectivity index (χ4v) is 4.44. The first-order valence-corrected chi connectivity index (χ1v) is 10.3. The normalized spacial score (nSPS) is 15.8. The van der Waals surface area contributed by atoms with Crippen molar-refractivity contribution in [3.05, 3.63) is 46.0 Å². The van der Waals surface area contributed by atoms with Crippen LogP contribution in [0.25, 0.3) is 6.08 Å². The minimum Gasteiger partial charge on any atom is -0.356 e. The van der Waals surface area contributed by atoms with Gasteiger partial charge in [0.2, 0.25) is 5.91 Å².